The van der Waals surface area contributed by atoms with E-state index in [9.17, 15) is 8.42 Å². The quantitative estimate of drug-likeness (QED) is 0.567. The molecule has 2 rings (SSSR count). The van der Waals surface area contributed by atoms with Crippen molar-refractivity contribution in [1.82, 2.24) is 9.29 Å². The number of rotatable bonds is 5. The van der Waals surface area contributed by atoms with Gasteiger partial charge in [-0.25, -0.2) is 8.42 Å². The molecule has 110 valence electrons. The third kappa shape index (κ3) is 3.75. The summed E-state index contributed by atoms with van der Waals surface area (Å²) in [5.74, 6) is -0.110. The van der Waals surface area contributed by atoms with Gasteiger partial charge >= 0.3 is 0 Å². The monoisotopic (exact) mass is 298 g/mol. The Bertz CT molecular complexity index is 561. The molecule has 0 radical (unpaired) electrons. The molecule has 0 bridgehead atoms. The number of aromatic nitrogens is 1. The van der Waals surface area contributed by atoms with Gasteiger partial charge in [0.2, 0.25) is 10.0 Å². The van der Waals surface area contributed by atoms with E-state index in [-0.39, 0.29) is 24.7 Å². The molecule has 1 aromatic heterocycles. The number of aryl methyl sites for hydroxylation is 1. The van der Waals surface area contributed by atoms with Crippen molar-refractivity contribution in [1.29, 1.82) is 5.41 Å². The fourth-order valence-corrected chi connectivity index (χ4v) is 3.46. The number of morpholine rings is 1. The van der Waals surface area contributed by atoms with Crippen molar-refractivity contribution in [2.45, 2.75) is 12.5 Å². The number of pyridine rings is 1. The molecule has 1 aromatic rings. The number of amidine groups is 1. The zero-order valence-corrected chi connectivity index (χ0v) is 11.8. The largest absolute Gasteiger partial charge is 0.385 e. The van der Waals surface area contributed by atoms with E-state index in [4.69, 9.17) is 15.9 Å². The molecule has 0 aliphatic carbocycles. The van der Waals surface area contributed by atoms with E-state index in [1.165, 1.54) is 4.31 Å². The summed E-state index contributed by atoms with van der Waals surface area (Å²) in [6.45, 7) is 0.690. The van der Waals surface area contributed by atoms with Gasteiger partial charge in [-0.15, -0.1) is 0 Å². The van der Waals surface area contributed by atoms with Gasteiger partial charge < -0.3 is 10.5 Å². The van der Waals surface area contributed by atoms with Crippen molar-refractivity contribution in [3.63, 3.8) is 0 Å². The number of nitrogens with one attached hydrogen (secondary N) is 1. The molecule has 0 saturated carbocycles. The average molecular weight is 298 g/mol. The number of ether oxygens (including phenoxy) is 1. The Morgan fingerprint density at radius 1 is 1.50 bits per heavy atom. The highest BCUT2D eigenvalue weighted by molar-refractivity contribution is 7.89. The molecule has 1 fully saturated rings. The van der Waals surface area contributed by atoms with Crippen molar-refractivity contribution in [2.24, 2.45) is 5.73 Å². The lowest BCUT2D eigenvalue weighted by Gasteiger charge is -2.31. The van der Waals surface area contributed by atoms with Gasteiger partial charge in [0.05, 0.1) is 12.4 Å². The first-order chi connectivity index (χ1) is 9.49. The van der Waals surface area contributed by atoms with Crippen molar-refractivity contribution < 1.29 is 13.2 Å². The highest BCUT2D eigenvalue weighted by Gasteiger charge is 2.30. The van der Waals surface area contributed by atoms with E-state index in [1.54, 1.807) is 24.5 Å². The van der Waals surface area contributed by atoms with Crippen LogP contribution in [0.3, 0.4) is 0 Å². The van der Waals surface area contributed by atoms with E-state index in [0.717, 1.165) is 5.56 Å². The van der Waals surface area contributed by atoms with Crippen LogP contribution in [0.25, 0.3) is 0 Å². The van der Waals surface area contributed by atoms with Crippen LogP contribution >= 0.6 is 0 Å². The molecule has 1 atom stereocenters. The lowest BCUT2D eigenvalue weighted by Crippen LogP contribution is -2.50. The van der Waals surface area contributed by atoms with E-state index >= 15 is 0 Å². The minimum Gasteiger partial charge on any atom is -0.385 e. The highest BCUT2D eigenvalue weighted by atomic mass is 32.2. The molecular formula is C12H18N4O3S. The van der Waals surface area contributed by atoms with Crippen LogP contribution in [-0.4, -0.2) is 55.1 Å². The Kier molecular flexibility index (Phi) is 4.69. The van der Waals surface area contributed by atoms with Gasteiger partial charge in [0, 0.05) is 25.5 Å². The van der Waals surface area contributed by atoms with Gasteiger partial charge in [0.25, 0.3) is 0 Å². The van der Waals surface area contributed by atoms with Crippen LogP contribution in [-0.2, 0) is 21.2 Å². The zero-order valence-electron chi connectivity index (χ0n) is 11.0. The predicted molar refractivity (Wildman–Crippen MR) is 75.0 cm³/mol. The SMILES string of the molecule is N=C(N)C1CN(S(=O)(=O)CCc2ccncc2)CCO1. The molecule has 1 aliphatic rings. The third-order valence-corrected chi connectivity index (χ3v) is 5.01. The number of hydrogen-bond acceptors (Lipinski definition) is 5. The predicted octanol–water partition coefficient (Wildman–Crippen LogP) is -0.409. The molecule has 1 saturated heterocycles. The van der Waals surface area contributed by atoms with Crippen molar-refractivity contribution >= 4 is 15.9 Å². The van der Waals surface area contributed by atoms with E-state index in [2.05, 4.69) is 4.98 Å². The second kappa shape index (κ2) is 6.29. The molecule has 8 heteroatoms. The van der Waals surface area contributed by atoms with Crippen LogP contribution in [0.1, 0.15) is 5.56 Å². The smallest absolute Gasteiger partial charge is 0.214 e. The standard InChI is InChI=1S/C12H18N4O3S/c13-12(14)11-9-16(6-7-19-11)20(17,18)8-3-10-1-4-15-5-2-10/h1-2,4-5,11H,3,6-9H2,(H3,13,14). The van der Waals surface area contributed by atoms with E-state index in [1.807, 2.05) is 0 Å². The molecule has 1 aliphatic heterocycles. The molecule has 0 amide bonds. The summed E-state index contributed by atoms with van der Waals surface area (Å²) in [4.78, 5) is 3.90. The maximum Gasteiger partial charge on any atom is 0.214 e. The Hall–Kier alpha value is -1.51. The van der Waals surface area contributed by atoms with Gasteiger partial charge in [0.1, 0.15) is 11.9 Å². The van der Waals surface area contributed by atoms with Crippen molar-refractivity contribution in [3.05, 3.63) is 30.1 Å². The zero-order chi connectivity index (χ0) is 14.6. The molecule has 0 aromatic carbocycles. The van der Waals surface area contributed by atoms with Gasteiger partial charge in [-0.05, 0) is 24.1 Å². The van der Waals surface area contributed by atoms with Crippen LogP contribution in [0.15, 0.2) is 24.5 Å². The summed E-state index contributed by atoms with van der Waals surface area (Å²) in [7, 11) is -3.37. The van der Waals surface area contributed by atoms with Gasteiger partial charge in [-0.1, -0.05) is 0 Å². The molecule has 2 heterocycles. The molecule has 3 N–H and O–H groups in total. The average Bonchev–Trinajstić information content (AvgIpc) is 2.46. The maximum atomic E-state index is 12.3. The number of nitrogens with zero attached hydrogens (tertiary/aromatic N) is 2. The second-order valence-corrected chi connectivity index (χ2v) is 6.68. The number of hydrogen-bond donors (Lipinski definition) is 2. The van der Waals surface area contributed by atoms with Crippen LogP contribution in [0.5, 0.6) is 0 Å². The topological polar surface area (TPSA) is 109 Å². The summed E-state index contributed by atoms with van der Waals surface area (Å²) >= 11 is 0. The Balaban J connectivity index is 1.97. The first kappa shape index (κ1) is 14.9. The molecule has 20 heavy (non-hydrogen) atoms. The van der Waals surface area contributed by atoms with E-state index in [0.29, 0.717) is 13.0 Å². The van der Waals surface area contributed by atoms with Crippen molar-refractivity contribution in [3.8, 4) is 0 Å². The first-order valence-electron chi connectivity index (χ1n) is 6.31. The van der Waals surface area contributed by atoms with Crippen molar-refractivity contribution in [2.75, 3.05) is 25.4 Å². The summed E-state index contributed by atoms with van der Waals surface area (Å²) in [6, 6.07) is 3.60. The van der Waals surface area contributed by atoms with Crippen LogP contribution in [0, 0.1) is 5.41 Å². The molecular weight excluding hydrogens is 280 g/mol. The van der Waals surface area contributed by atoms with Gasteiger partial charge in [-0.2, -0.15) is 4.31 Å². The minimum atomic E-state index is -3.37. The number of sulfonamides is 1. The fraction of sp³-hybridized carbons (Fsp3) is 0.500. The van der Waals surface area contributed by atoms with Crippen LogP contribution < -0.4 is 5.73 Å². The lowest BCUT2D eigenvalue weighted by molar-refractivity contribution is 0.0368. The summed E-state index contributed by atoms with van der Waals surface area (Å²) in [5.41, 5.74) is 6.30. The molecule has 7 nitrogen and oxygen atoms in total. The Morgan fingerprint density at radius 2 is 2.20 bits per heavy atom. The summed E-state index contributed by atoms with van der Waals surface area (Å²) in [6.07, 6.45) is 3.08. The fourth-order valence-electron chi connectivity index (χ4n) is 1.99. The van der Waals surface area contributed by atoms with Gasteiger partial charge in [0.15, 0.2) is 0 Å². The molecule has 0 spiro atoms. The second-order valence-electron chi connectivity index (χ2n) is 4.59. The Labute approximate surface area is 118 Å². The lowest BCUT2D eigenvalue weighted by atomic mass is 10.2. The minimum absolute atomic E-state index is 0.0294. The summed E-state index contributed by atoms with van der Waals surface area (Å²) < 4.78 is 31.2. The normalized spacial score (nSPS) is 20.7. The Morgan fingerprint density at radius 3 is 2.85 bits per heavy atom. The summed E-state index contributed by atoms with van der Waals surface area (Å²) in [5, 5.41) is 7.34. The third-order valence-electron chi connectivity index (χ3n) is 3.17. The first-order valence-corrected chi connectivity index (χ1v) is 7.92. The van der Waals surface area contributed by atoms with Crippen LogP contribution in [0.2, 0.25) is 0 Å². The van der Waals surface area contributed by atoms with Gasteiger partial charge in [-0.3, -0.25) is 10.4 Å². The molecule has 1 unspecified atom stereocenters. The van der Waals surface area contributed by atoms with Crippen LogP contribution in [0.4, 0.5) is 0 Å². The van der Waals surface area contributed by atoms with E-state index < -0.39 is 16.1 Å². The number of nitrogens with two attached hydrogens (primary N) is 1. The highest BCUT2D eigenvalue weighted by Crippen LogP contribution is 2.12. The maximum absolute atomic E-state index is 12.3.